The van der Waals surface area contributed by atoms with Gasteiger partial charge in [-0.3, -0.25) is 4.79 Å². The lowest BCUT2D eigenvalue weighted by atomic mass is 9.91. The fraction of sp³-hybridized carbons (Fsp3) is 0.400. The minimum Gasteiger partial charge on any atom is -0.465 e. The Bertz CT molecular complexity index is 569. The molecule has 0 aliphatic heterocycles. The van der Waals surface area contributed by atoms with Crippen molar-refractivity contribution in [2.75, 3.05) is 13.2 Å². The van der Waals surface area contributed by atoms with Crippen molar-refractivity contribution in [2.45, 2.75) is 26.4 Å². The first-order valence-corrected chi connectivity index (χ1v) is 6.96. The number of allylic oxidation sites excluding steroid dienone is 1. The Morgan fingerprint density at radius 2 is 2.19 bits per heavy atom. The lowest BCUT2D eigenvalue weighted by molar-refractivity contribution is -0.144. The van der Waals surface area contributed by atoms with E-state index in [-0.39, 0.29) is 19.1 Å². The molecule has 0 unspecified atom stereocenters. The van der Waals surface area contributed by atoms with E-state index in [4.69, 9.17) is 16.3 Å². The summed E-state index contributed by atoms with van der Waals surface area (Å²) in [5, 5.41) is 10.5. The maximum atomic E-state index is 11.5. The van der Waals surface area contributed by atoms with Gasteiger partial charge in [0, 0.05) is 5.56 Å². The number of hydrogen-bond acceptors (Lipinski definition) is 6. The van der Waals surface area contributed by atoms with Crippen molar-refractivity contribution < 1.29 is 14.6 Å². The normalized spacial score (nSPS) is 13.9. The standard InChI is InChI=1S/C15H21N3O3/c1-2-21-14(20)8-18(17)13-6-4-11-7-10(9-19)3-5-12(11)15(13)16/h3,5,7,19H,2,4,6,8-9,16-17H2,1H3. The van der Waals surface area contributed by atoms with Crippen LogP contribution in [0.4, 0.5) is 0 Å². The van der Waals surface area contributed by atoms with Crippen molar-refractivity contribution in [2.24, 2.45) is 11.6 Å². The number of hydrazine groups is 1. The summed E-state index contributed by atoms with van der Waals surface area (Å²) in [6, 6.07) is 5.67. The molecule has 0 fully saturated rings. The molecule has 1 aliphatic carbocycles. The van der Waals surface area contributed by atoms with Crippen LogP contribution in [0.5, 0.6) is 0 Å². The second-order valence-electron chi connectivity index (χ2n) is 4.94. The number of esters is 1. The van der Waals surface area contributed by atoms with Crippen LogP contribution in [0.3, 0.4) is 0 Å². The second-order valence-corrected chi connectivity index (χ2v) is 4.94. The van der Waals surface area contributed by atoms with E-state index >= 15 is 0 Å². The van der Waals surface area contributed by atoms with Gasteiger partial charge in [-0.15, -0.1) is 0 Å². The topological polar surface area (TPSA) is 102 Å². The maximum absolute atomic E-state index is 11.5. The number of aliphatic hydroxyl groups is 1. The lowest BCUT2D eigenvalue weighted by Gasteiger charge is -2.28. The summed E-state index contributed by atoms with van der Waals surface area (Å²) in [5.74, 6) is 5.56. The average molecular weight is 291 g/mol. The number of nitrogens with zero attached hydrogens (tertiary/aromatic N) is 1. The Labute approximate surface area is 123 Å². The molecule has 1 aromatic rings. The molecular weight excluding hydrogens is 270 g/mol. The van der Waals surface area contributed by atoms with Crippen LogP contribution in [0.25, 0.3) is 5.70 Å². The fourth-order valence-corrected chi connectivity index (χ4v) is 2.50. The molecule has 0 atom stereocenters. The number of fused-ring (bicyclic) bond motifs is 1. The summed E-state index contributed by atoms with van der Waals surface area (Å²) in [4.78, 5) is 11.5. The summed E-state index contributed by atoms with van der Waals surface area (Å²) < 4.78 is 4.89. The van der Waals surface area contributed by atoms with Gasteiger partial charge in [0.2, 0.25) is 0 Å². The zero-order valence-electron chi connectivity index (χ0n) is 12.1. The molecule has 0 bridgehead atoms. The van der Waals surface area contributed by atoms with Gasteiger partial charge in [0.1, 0.15) is 6.54 Å². The fourth-order valence-electron chi connectivity index (χ4n) is 2.50. The number of aliphatic hydroxyl groups excluding tert-OH is 1. The van der Waals surface area contributed by atoms with Gasteiger partial charge in [0.15, 0.2) is 0 Å². The molecule has 6 heteroatoms. The molecule has 0 saturated heterocycles. The quantitative estimate of drug-likeness (QED) is 0.414. The van der Waals surface area contributed by atoms with E-state index in [9.17, 15) is 9.90 Å². The van der Waals surface area contributed by atoms with Crippen LogP contribution in [-0.2, 0) is 22.6 Å². The van der Waals surface area contributed by atoms with Gasteiger partial charge < -0.3 is 20.6 Å². The molecule has 5 N–H and O–H groups in total. The number of carbonyl (C=O) groups excluding carboxylic acids is 1. The Kier molecular flexibility index (Phi) is 4.82. The van der Waals surface area contributed by atoms with Crippen LogP contribution in [0.1, 0.15) is 30.0 Å². The highest BCUT2D eigenvalue weighted by atomic mass is 16.5. The van der Waals surface area contributed by atoms with Gasteiger partial charge in [-0.25, -0.2) is 5.84 Å². The van der Waals surface area contributed by atoms with Crippen LogP contribution in [0, 0.1) is 0 Å². The summed E-state index contributed by atoms with van der Waals surface area (Å²) in [6.45, 7) is 2.07. The van der Waals surface area contributed by atoms with Crippen LogP contribution in [-0.4, -0.2) is 29.2 Å². The van der Waals surface area contributed by atoms with E-state index in [1.165, 1.54) is 5.01 Å². The van der Waals surface area contributed by atoms with Crippen molar-refractivity contribution in [3.8, 4) is 0 Å². The number of benzene rings is 1. The smallest absolute Gasteiger partial charge is 0.327 e. The number of carbonyl (C=O) groups is 1. The molecule has 0 aromatic heterocycles. The van der Waals surface area contributed by atoms with Gasteiger partial charge >= 0.3 is 5.97 Å². The summed E-state index contributed by atoms with van der Waals surface area (Å²) in [7, 11) is 0. The maximum Gasteiger partial charge on any atom is 0.327 e. The van der Waals surface area contributed by atoms with Gasteiger partial charge in [-0.1, -0.05) is 18.2 Å². The minimum absolute atomic E-state index is 0.00955. The van der Waals surface area contributed by atoms with Gasteiger partial charge in [0.05, 0.1) is 24.6 Å². The van der Waals surface area contributed by atoms with Crippen LogP contribution < -0.4 is 11.6 Å². The van der Waals surface area contributed by atoms with Gasteiger partial charge in [0.25, 0.3) is 0 Å². The molecule has 0 amide bonds. The molecule has 2 rings (SSSR count). The molecular formula is C15H21N3O3. The Morgan fingerprint density at radius 1 is 1.43 bits per heavy atom. The highest BCUT2D eigenvalue weighted by Crippen LogP contribution is 2.29. The number of ether oxygens (including phenoxy) is 1. The van der Waals surface area contributed by atoms with E-state index in [0.29, 0.717) is 18.7 Å². The van der Waals surface area contributed by atoms with Crippen LogP contribution in [0.2, 0.25) is 0 Å². The third kappa shape index (κ3) is 3.34. The number of nitrogens with two attached hydrogens (primary N) is 2. The molecule has 1 aromatic carbocycles. The van der Waals surface area contributed by atoms with Crippen molar-refractivity contribution in [1.82, 2.24) is 5.01 Å². The van der Waals surface area contributed by atoms with Crippen LogP contribution >= 0.6 is 0 Å². The molecule has 0 heterocycles. The Morgan fingerprint density at radius 3 is 2.86 bits per heavy atom. The number of hydrogen-bond donors (Lipinski definition) is 3. The third-order valence-electron chi connectivity index (χ3n) is 3.54. The number of rotatable bonds is 5. The molecule has 21 heavy (non-hydrogen) atoms. The third-order valence-corrected chi connectivity index (χ3v) is 3.54. The van der Waals surface area contributed by atoms with Crippen molar-refractivity contribution in [3.63, 3.8) is 0 Å². The number of aryl methyl sites for hydroxylation is 1. The Hall–Kier alpha value is -2.05. The predicted molar refractivity (Wildman–Crippen MR) is 79.3 cm³/mol. The SMILES string of the molecule is CCOC(=O)CN(N)C1=C(N)c2ccc(CO)cc2CC1. The monoisotopic (exact) mass is 291 g/mol. The molecule has 114 valence electrons. The van der Waals surface area contributed by atoms with E-state index in [1.807, 2.05) is 18.2 Å². The zero-order valence-corrected chi connectivity index (χ0v) is 12.1. The average Bonchev–Trinajstić information content (AvgIpc) is 2.47. The van der Waals surface area contributed by atoms with Crippen LogP contribution in [0.15, 0.2) is 23.9 Å². The largest absolute Gasteiger partial charge is 0.465 e. The summed E-state index contributed by atoms with van der Waals surface area (Å²) >= 11 is 0. The summed E-state index contributed by atoms with van der Waals surface area (Å²) in [5.41, 5.74) is 10.4. The summed E-state index contributed by atoms with van der Waals surface area (Å²) in [6.07, 6.45) is 1.43. The van der Waals surface area contributed by atoms with Crippen molar-refractivity contribution in [3.05, 3.63) is 40.6 Å². The minimum atomic E-state index is -0.373. The molecule has 1 aliphatic rings. The molecule has 0 saturated carbocycles. The molecule has 0 radical (unpaired) electrons. The predicted octanol–water partition coefficient (Wildman–Crippen LogP) is 0.491. The van der Waals surface area contributed by atoms with E-state index < -0.39 is 0 Å². The van der Waals surface area contributed by atoms with Gasteiger partial charge in [-0.05, 0) is 30.9 Å². The highest BCUT2D eigenvalue weighted by molar-refractivity contribution is 5.74. The second kappa shape index (κ2) is 6.60. The Balaban J connectivity index is 2.22. The highest BCUT2D eigenvalue weighted by Gasteiger charge is 2.21. The lowest BCUT2D eigenvalue weighted by Crippen LogP contribution is -2.38. The van der Waals surface area contributed by atoms with Crippen molar-refractivity contribution >= 4 is 11.7 Å². The van der Waals surface area contributed by atoms with Gasteiger partial charge in [-0.2, -0.15) is 0 Å². The first kappa shape index (κ1) is 15.3. The first-order chi connectivity index (χ1) is 10.1. The zero-order chi connectivity index (χ0) is 15.4. The van der Waals surface area contributed by atoms with Crippen molar-refractivity contribution in [1.29, 1.82) is 0 Å². The first-order valence-electron chi connectivity index (χ1n) is 6.96. The van der Waals surface area contributed by atoms with E-state index in [0.717, 1.165) is 28.8 Å². The molecule has 0 spiro atoms. The van der Waals surface area contributed by atoms with E-state index in [2.05, 4.69) is 0 Å². The van der Waals surface area contributed by atoms with E-state index in [1.54, 1.807) is 6.92 Å². The molecule has 6 nitrogen and oxygen atoms in total.